The number of unbranched alkanes of at least 4 members (excludes halogenated alkanes) is 1. The Morgan fingerprint density at radius 2 is 1.71 bits per heavy atom. The normalized spacial score (nSPS) is 25.7. The van der Waals surface area contributed by atoms with Crippen molar-refractivity contribution in [3.05, 3.63) is 35.4 Å². The van der Waals surface area contributed by atoms with Crippen LogP contribution in [-0.4, -0.2) is 59.4 Å². The summed E-state index contributed by atoms with van der Waals surface area (Å²) < 4.78 is 6.13. The number of amides is 2. The van der Waals surface area contributed by atoms with Gasteiger partial charge in [0.2, 0.25) is 11.8 Å². The predicted octanol–water partition coefficient (Wildman–Crippen LogP) is 3.38. The number of nitrogens with one attached hydrogen (secondary N) is 2. The molecule has 3 aliphatic rings. The Hall–Kier alpha value is -2.45. The van der Waals surface area contributed by atoms with E-state index in [2.05, 4.69) is 10.6 Å². The fraction of sp³-hybridized carbons (Fsp3) is 0.700. The van der Waals surface area contributed by atoms with Crippen LogP contribution in [0.2, 0.25) is 0 Å². The van der Waals surface area contributed by atoms with E-state index in [1.165, 1.54) is 38.5 Å². The van der Waals surface area contributed by atoms with E-state index in [9.17, 15) is 19.5 Å². The second kappa shape index (κ2) is 14.1. The third-order valence-corrected chi connectivity index (χ3v) is 8.79. The highest BCUT2D eigenvalue weighted by atomic mass is 16.5. The highest BCUT2D eigenvalue weighted by Crippen LogP contribution is 2.45. The number of carbonyl (C=O) groups excluding carboxylic acids is 2. The summed E-state index contributed by atoms with van der Waals surface area (Å²) in [7, 11) is 0. The summed E-state index contributed by atoms with van der Waals surface area (Å²) >= 11 is 0. The van der Waals surface area contributed by atoms with Gasteiger partial charge in [0.05, 0.1) is 24.7 Å². The first-order chi connectivity index (χ1) is 18.5. The highest BCUT2D eigenvalue weighted by Gasteiger charge is 2.52. The fourth-order valence-electron chi connectivity index (χ4n) is 6.72. The van der Waals surface area contributed by atoms with Crippen molar-refractivity contribution in [3.63, 3.8) is 0 Å². The van der Waals surface area contributed by atoms with Gasteiger partial charge in [0.25, 0.3) is 0 Å². The van der Waals surface area contributed by atoms with Gasteiger partial charge in [0.15, 0.2) is 0 Å². The lowest BCUT2D eigenvalue weighted by atomic mass is 9.75. The number of aliphatic hydroxyl groups excluding tert-OH is 1. The summed E-state index contributed by atoms with van der Waals surface area (Å²) in [4.78, 5) is 37.2. The molecule has 210 valence electrons. The molecule has 2 saturated heterocycles. The molecule has 2 heterocycles. The molecule has 5 atom stereocenters. The standard InChI is InChI=1S/C30H44N2O6/c33-19-24(29(36)31-17-7-6-10-20-8-2-1-3-9-20)32-30(37)28-23(25-14-15-26(28)38-25)18-22-12-5-4-11-21(22)13-16-27(34)35/h4-5,11-12,20,23-26,28,33H,1-3,6-10,13-19H2,(H,31,36)(H,32,37)(H,34,35)/t23-,24?,25-,26+,28-/m0/s1. The number of benzene rings is 1. The third kappa shape index (κ3) is 7.56. The molecule has 1 aromatic carbocycles. The summed E-state index contributed by atoms with van der Waals surface area (Å²) in [5.41, 5.74) is 2.02. The maximum absolute atomic E-state index is 13.4. The molecule has 2 bridgehead atoms. The Morgan fingerprint density at radius 1 is 0.974 bits per heavy atom. The predicted molar refractivity (Wildman–Crippen MR) is 143 cm³/mol. The molecular weight excluding hydrogens is 484 g/mol. The molecule has 1 saturated carbocycles. The molecule has 0 spiro atoms. The fourth-order valence-corrected chi connectivity index (χ4v) is 6.72. The van der Waals surface area contributed by atoms with Crippen molar-refractivity contribution in [2.24, 2.45) is 17.8 Å². The monoisotopic (exact) mass is 528 g/mol. The molecule has 0 aromatic heterocycles. The van der Waals surface area contributed by atoms with Crippen molar-refractivity contribution in [2.45, 2.75) is 102 Å². The second-order valence-electron chi connectivity index (χ2n) is 11.4. The topological polar surface area (TPSA) is 125 Å². The van der Waals surface area contributed by atoms with Gasteiger partial charge in [-0.3, -0.25) is 14.4 Å². The van der Waals surface area contributed by atoms with Crippen molar-refractivity contribution in [1.29, 1.82) is 0 Å². The first-order valence-electron chi connectivity index (χ1n) is 14.6. The van der Waals surface area contributed by atoms with Gasteiger partial charge in [-0.15, -0.1) is 0 Å². The van der Waals surface area contributed by atoms with E-state index in [-0.39, 0.29) is 36.4 Å². The van der Waals surface area contributed by atoms with Crippen LogP contribution in [0.4, 0.5) is 0 Å². The highest BCUT2D eigenvalue weighted by molar-refractivity contribution is 5.89. The average Bonchev–Trinajstić information content (AvgIpc) is 3.53. The summed E-state index contributed by atoms with van der Waals surface area (Å²) in [6.45, 7) is 0.0922. The Kier molecular flexibility index (Phi) is 10.6. The van der Waals surface area contributed by atoms with Crippen LogP contribution in [0.25, 0.3) is 0 Å². The summed E-state index contributed by atoms with van der Waals surface area (Å²) in [6, 6.07) is 6.80. The number of carbonyl (C=O) groups is 3. The SMILES string of the molecule is O=C(O)CCc1ccccc1C[C@@H]1[C@H](C(=O)NC(CO)C(=O)NCCCCC2CCCCC2)[C@H]2CC[C@@H]1O2. The molecular formula is C30H44N2O6. The van der Waals surface area contributed by atoms with E-state index < -0.39 is 24.5 Å². The lowest BCUT2D eigenvalue weighted by molar-refractivity contribution is -0.137. The zero-order chi connectivity index (χ0) is 26.9. The van der Waals surface area contributed by atoms with Gasteiger partial charge in [-0.25, -0.2) is 0 Å². The van der Waals surface area contributed by atoms with Crippen LogP contribution in [-0.2, 0) is 32.0 Å². The molecule has 1 aromatic rings. The van der Waals surface area contributed by atoms with E-state index in [4.69, 9.17) is 9.84 Å². The first-order valence-corrected chi connectivity index (χ1v) is 14.6. The Morgan fingerprint density at radius 3 is 2.45 bits per heavy atom. The van der Waals surface area contributed by atoms with Crippen molar-refractivity contribution in [3.8, 4) is 0 Å². The Bertz CT molecular complexity index is 946. The van der Waals surface area contributed by atoms with E-state index >= 15 is 0 Å². The van der Waals surface area contributed by atoms with E-state index in [0.29, 0.717) is 19.4 Å². The van der Waals surface area contributed by atoms with E-state index in [1.807, 2.05) is 24.3 Å². The van der Waals surface area contributed by atoms with Gasteiger partial charge < -0.3 is 25.6 Å². The zero-order valence-electron chi connectivity index (χ0n) is 22.4. The lowest BCUT2D eigenvalue weighted by Crippen LogP contribution is -2.53. The van der Waals surface area contributed by atoms with Gasteiger partial charge in [0, 0.05) is 18.9 Å². The number of rotatable bonds is 14. The van der Waals surface area contributed by atoms with Crippen LogP contribution in [0, 0.1) is 17.8 Å². The van der Waals surface area contributed by atoms with Gasteiger partial charge in [-0.1, -0.05) is 69.2 Å². The number of hydrogen-bond acceptors (Lipinski definition) is 5. The molecule has 2 amide bonds. The zero-order valence-corrected chi connectivity index (χ0v) is 22.4. The summed E-state index contributed by atoms with van der Waals surface area (Å²) in [5.74, 6) is -1.07. The van der Waals surface area contributed by atoms with Crippen molar-refractivity contribution < 1.29 is 29.3 Å². The van der Waals surface area contributed by atoms with Crippen molar-refractivity contribution >= 4 is 17.8 Å². The molecule has 1 aliphatic carbocycles. The largest absolute Gasteiger partial charge is 0.481 e. The number of aliphatic hydroxyl groups is 1. The van der Waals surface area contributed by atoms with Crippen LogP contribution in [0.1, 0.15) is 81.8 Å². The average molecular weight is 529 g/mol. The number of ether oxygens (including phenoxy) is 1. The second-order valence-corrected chi connectivity index (χ2v) is 11.4. The Labute approximate surface area is 225 Å². The molecule has 4 N–H and O–H groups in total. The van der Waals surface area contributed by atoms with E-state index in [0.717, 1.165) is 42.7 Å². The molecule has 0 radical (unpaired) electrons. The van der Waals surface area contributed by atoms with Gasteiger partial charge in [0.1, 0.15) is 6.04 Å². The summed E-state index contributed by atoms with van der Waals surface area (Å²) in [6.07, 6.45) is 12.5. The van der Waals surface area contributed by atoms with Crippen LogP contribution >= 0.6 is 0 Å². The minimum Gasteiger partial charge on any atom is -0.481 e. The third-order valence-electron chi connectivity index (χ3n) is 8.79. The Balaban J connectivity index is 1.29. The number of carboxylic acid groups (broad SMARTS) is 1. The maximum Gasteiger partial charge on any atom is 0.303 e. The molecule has 4 rings (SSSR count). The van der Waals surface area contributed by atoms with Crippen LogP contribution in [0.15, 0.2) is 24.3 Å². The quantitative estimate of drug-likeness (QED) is 0.274. The molecule has 8 heteroatoms. The van der Waals surface area contributed by atoms with Crippen LogP contribution < -0.4 is 10.6 Å². The molecule has 2 aliphatic heterocycles. The molecule has 3 fully saturated rings. The van der Waals surface area contributed by atoms with Gasteiger partial charge in [-0.05, 0) is 49.1 Å². The van der Waals surface area contributed by atoms with Crippen molar-refractivity contribution in [1.82, 2.24) is 10.6 Å². The van der Waals surface area contributed by atoms with Gasteiger partial charge in [-0.2, -0.15) is 0 Å². The number of fused-ring (bicyclic) bond motifs is 2. The minimum atomic E-state index is -0.983. The summed E-state index contributed by atoms with van der Waals surface area (Å²) in [5, 5.41) is 24.7. The number of aliphatic carboxylic acids is 1. The molecule has 38 heavy (non-hydrogen) atoms. The molecule has 8 nitrogen and oxygen atoms in total. The lowest BCUT2D eigenvalue weighted by Gasteiger charge is -2.29. The van der Waals surface area contributed by atoms with Crippen LogP contribution in [0.3, 0.4) is 0 Å². The van der Waals surface area contributed by atoms with Gasteiger partial charge >= 0.3 is 5.97 Å². The van der Waals surface area contributed by atoms with E-state index in [1.54, 1.807) is 0 Å². The van der Waals surface area contributed by atoms with Crippen LogP contribution in [0.5, 0.6) is 0 Å². The first kappa shape index (κ1) is 28.6. The molecule has 1 unspecified atom stereocenters. The minimum absolute atomic E-state index is 0.0335. The van der Waals surface area contributed by atoms with Crippen molar-refractivity contribution in [2.75, 3.05) is 13.2 Å². The smallest absolute Gasteiger partial charge is 0.303 e. The number of aryl methyl sites for hydroxylation is 1. The number of hydrogen-bond donors (Lipinski definition) is 4. The number of carboxylic acids is 1. The maximum atomic E-state index is 13.4.